The second-order valence-corrected chi connectivity index (χ2v) is 1.92. The second-order valence-electron chi connectivity index (χ2n) is 1.92. The highest BCUT2D eigenvalue weighted by atomic mass is 19.1. The van der Waals surface area contributed by atoms with Crippen molar-refractivity contribution in [1.82, 2.24) is 0 Å². The van der Waals surface area contributed by atoms with E-state index in [4.69, 9.17) is 0 Å². The summed E-state index contributed by atoms with van der Waals surface area (Å²) in [6.07, 6.45) is -0.0975. The van der Waals surface area contributed by atoms with Crippen LogP contribution in [0, 0.1) is 0 Å². The standard InChI is InChI=1S/C5H7FO2/c6-4-1-5(2-4)8-3-7/h3-5H,1-2H2. The molecular weight excluding hydrogens is 111 g/mol. The molecule has 1 saturated carbocycles. The summed E-state index contributed by atoms with van der Waals surface area (Å²) >= 11 is 0. The average molecular weight is 118 g/mol. The molecule has 0 aromatic carbocycles. The Bertz CT molecular complexity index is 88.4. The van der Waals surface area contributed by atoms with E-state index in [1.807, 2.05) is 0 Å². The highest BCUT2D eigenvalue weighted by Gasteiger charge is 2.29. The summed E-state index contributed by atoms with van der Waals surface area (Å²) in [5.41, 5.74) is 0. The number of carbonyl (C=O) groups excluding carboxylic acids is 1. The number of ether oxygens (including phenoxy) is 1. The Morgan fingerprint density at radius 1 is 1.62 bits per heavy atom. The maximum Gasteiger partial charge on any atom is 0.293 e. The summed E-state index contributed by atoms with van der Waals surface area (Å²) in [7, 11) is 0. The first-order valence-electron chi connectivity index (χ1n) is 2.56. The Morgan fingerprint density at radius 3 is 2.62 bits per heavy atom. The van der Waals surface area contributed by atoms with Crippen molar-refractivity contribution in [3.63, 3.8) is 0 Å². The molecule has 1 aliphatic rings. The summed E-state index contributed by atoms with van der Waals surface area (Å²) in [5.74, 6) is 0. The minimum atomic E-state index is -0.736. The van der Waals surface area contributed by atoms with Gasteiger partial charge in [0.05, 0.1) is 0 Å². The SMILES string of the molecule is O=COC1CC(F)C1. The van der Waals surface area contributed by atoms with Crippen LogP contribution in [0.1, 0.15) is 12.8 Å². The van der Waals surface area contributed by atoms with Crippen molar-refractivity contribution in [2.75, 3.05) is 0 Å². The highest BCUT2D eigenvalue weighted by Crippen LogP contribution is 2.25. The number of hydrogen-bond donors (Lipinski definition) is 0. The van der Waals surface area contributed by atoms with Crippen molar-refractivity contribution in [2.24, 2.45) is 0 Å². The normalized spacial score (nSPS) is 35.6. The summed E-state index contributed by atoms with van der Waals surface area (Å²) < 4.78 is 16.3. The number of hydrogen-bond acceptors (Lipinski definition) is 2. The molecule has 3 heteroatoms. The summed E-state index contributed by atoms with van der Waals surface area (Å²) in [6, 6.07) is 0. The first-order chi connectivity index (χ1) is 3.83. The minimum absolute atomic E-state index is 0.137. The molecule has 0 aliphatic heterocycles. The van der Waals surface area contributed by atoms with Crippen LogP contribution in [0.2, 0.25) is 0 Å². The Kier molecular flexibility index (Phi) is 1.46. The topological polar surface area (TPSA) is 26.3 Å². The molecule has 46 valence electrons. The van der Waals surface area contributed by atoms with E-state index in [1.54, 1.807) is 0 Å². The molecule has 0 N–H and O–H groups in total. The van der Waals surface area contributed by atoms with Crippen LogP contribution in [0.5, 0.6) is 0 Å². The van der Waals surface area contributed by atoms with E-state index in [0.717, 1.165) is 0 Å². The van der Waals surface area contributed by atoms with Gasteiger partial charge in [0.1, 0.15) is 12.3 Å². The molecular formula is C5H7FO2. The number of carbonyl (C=O) groups is 1. The van der Waals surface area contributed by atoms with Crippen molar-refractivity contribution in [2.45, 2.75) is 25.1 Å². The van der Waals surface area contributed by atoms with Gasteiger partial charge in [-0.1, -0.05) is 0 Å². The summed E-state index contributed by atoms with van der Waals surface area (Å²) in [4.78, 5) is 9.57. The van der Waals surface area contributed by atoms with E-state index in [9.17, 15) is 9.18 Å². The van der Waals surface area contributed by atoms with Crippen LogP contribution in [0.4, 0.5) is 4.39 Å². The zero-order chi connectivity index (χ0) is 5.98. The molecule has 0 saturated heterocycles. The van der Waals surface area contributed by atoms with E-state index in [1.165, 1.54) is 0 Å². The predicted octanol–water partition coefficient (Wildman–Crippen LogP) is 0.660. The molecule has 0 aromatic heterocycles. The van der Waals surface area contributed by atoms with E-state index >= 15 is 0 Å². The maximum atomic E-state index is 11.9. The fourth-order valence-corrected chi connectivity index (χ4v) is 0.691. The zero-order valence-corrected chi connectivity index (χ0v) is 4.34. The Balaban J connectivity index is 2.06. The van der Waals surface area contributed by atoms with Crippen molar-refractivity contribution >= 4 is 6.47 Å². The van der Waals surface area contributed by atoms with Crippen LogP contribution in [0.25, 0.3) is 0 Å². The molecule has 1 aliphatic carbocycles. The lowest BCUT2D eigenvalue weighted by molar-refractivity contribution is -0.140. The molecule has 0 radical (unpaired) electrons. The molecule has 0 bridgehead atoms. The molecule has 0 spiro atoms. The van der Waals surface area contributed by atoms with E-state index in [-0.39, 0.29) is 6.10 Å². The lowest BCUT2D eigenvalue weighted by Crippen LogP contribution is -2.32. The van der Waals surface area contributed by atoms with Crippen LogP contribution < -0.4 is 0 Å². The molecule has 0 heterocycles. The molecule has 1 fully saturated rings. The molecule has 0 unspecified atom stereocenters. The van der Waals surface area contributed by atoms with Gasteiger partial charge < -0.3 is 4.74 Å². The number of alkyl halides is 1. The van der Waals surface area contributed by atoms with Gasteiger partial charge in [-0.05, 0) is 0 Å². The highest BCUT2D eigenvalue weighted by molar-refractivity contribution is 5.37. The quantitative estimate of drug-likeness (QED) is 0.498. The Hall–Kier alpha value is -0.600. The smallest absolute Gasteiger partial charge is 0.293 e. The molecule has 1 rings (SSSR count). The monoisotopic (exact) mass is 118 g/mol. The summed E-state index contributed by atoms with van der Waals surface area (Å²) in [5, 5.41) is 0. The van der Waals surface area contributed by atoms with E-state index in [0.29, 0.717) is 19.3 Å². The second kappa shape index (κ2) is 2.11. The largest absolute Gasteiger partial charge is 0.464 e. The van der Waals surface area contributed by atoms with Gasteiger partial charge in [0.25, 0.3) is 6.47 Å². The van der Waals surface area contributed by atoms with Gasteiger partial charge in [0, 0.05) is 12.8 Å². The molecule has 0 aromatic rings. The third-order valence-corrected chi connectivity index (χ3v) is 1.29. The van der Waals surface area contributed by atoms with Crippen molar-refractivity contribution in [3.8, 4) is 0 Å². The van der Waals surface area contributed by atoms with Gasteiger partial charge in [-0.3, -0.25) is 4.79 Å². The van der Waals surface area contributed by atoms with Gasteiger partial charge in [-0.2, -0.15) is 0 Å². The predicted molar refractivity (Wildman–Crippen MR) is 25.1 cm³/mol. The van der Waals surface area contributed by atoms with E-state index < -0.39 is 6.17 Å². The average Bonchev–Trinajstić information content (AvgIpc) is 1.64. The van der Waals surface area contributed by atoms with Crippen molar-refractivity contribution in [3.05, 3.63) is 0 Å². The fraction of sp³-hybridized carbons (Fsp3) is 0.800. The van der Waals surface area contributed by atoms with Crippen molar-refractivity contribution < 1.29 is 13.9 Å². The lowest BCUT2D eigenvalue weighted by Gasteiger charge is -2.26. The molecule has 2 nitrogen and oxygen atoms in total. The molecule has 0 atom stereocenters. The van der Waals surface area contributed by atoms with Crippen molar-refractivity contribution in [1.29, 1.82) is 0 Å². The first kappa shape index (κ1) is 5.54. The minimum Gasteiger partial charge on any atom is -0.464 e. The number of halogens is 1. The van der Waals surface area contributed by atoms with Gasteiger partial charge >= 0.3 is 0 Å². The molecule has 0 amide bonds. The van der Waals surface area contributed by atoms with Gasteiger partial charge in [-0.15, -0.1) is 0 Å². The van der Waals surface area contributed by atoms with Crippen LogP contribution >= 0.6 is 0 Å². The third kappa shape index (κ3) is 0.967. The lowest BCUT2D eigenvalue weighted by atomic mass is 9.94. The van der Waals surface area contributed by atoms with Gasteiger partial charge in [0.15, 0.2) is 0 Å². The van der Waals surface area contributed by atoms with Crippen LogP contribution in [-0.4, -0.2) is 18.7 Å². The fourth-order valence-electron chi connectivity index (χ4n) is 0.691. The Morgan fingerprint density at radius 2 is 2.25 bits per heavy atom. The maximum absolute atomic E-state index is 11.9. The molecule has 8 heavy (non-hydrogen) atoms. The van der Waals surface area contributed by atoms with E-state index in [2.05, 4.69) is 4.74 Å². The van der Waals surface area contributed by atoms with Gasteiger partial charge in [0.2, 0.25) is 0 Å². The third-order valence-electron chi connectivity index (χ3n) is 1.29. The summed E-state index contributed by atoms with van der Waals surface area (Å²) in [6.45, 7) is 0.372. The number of rotatable bonds is 2. The van der Waals surface area contributed by atoms with Gasteiger partial charge in [-0.25, -0.2) is 4.39 Å². The van der Waals surface area contributed by atoms with Crippen LogP contribution in [0.3, 0.4) is 0 Å². The Labute approximate surface area is 46.6 Å². The van der Waals surface area contributed by atoms with Crippen LogP contribution in [0.15, 0.2) is 0 Å². The first-order valence-corrected chi connectivity index (χ1v) is 2.56. The van der Waals surface area contributed by atoms with Crippen LogP contribution in [-0.2, 0) is 9.53 Å². The zero-order valence-electron chi connectivity index (χ0n) is 4.34.